The minimum Gasteiger partial charge on any atom is -0.308 e. The third-order valence-electron chi connectivity index (χ3n) is 3.02. The molecule has 3 rings (SSSR count). The van der Waals surface area contributed by atoms with Crippen LogP contribution in [-0.2, 0) is 10.0 Å². The van der Waals surface area contributed by atoms with Crippen LogP contribution in [0.1, 0.15) is 0 Å². The molecule has 1 heterocycles. The van der Waals surface area contributed by atoms with Crippen molar-refractivity contribution in [2.45, 2.75) is 0 Å². The first-order chi connectivity index (χ1) is 11.8. The molecule has 0 aliphatic carbocycles. The molecule has 25 heavy (non-hydrogen) atoms. The molecule has 7 nitrogen and oxygen atoms in total. The molecule has 0 atom stereocenters. The average molecular weight is 397 g/mol. The molecule has 0 spiro atoms. The van der Waals surface area contributed by atoms with E-state index in [0.717, 1.165) is 11.0 Å². The van der Waals surface area contributed by atoms with Crippen molar-refractivity contribution >= 4 is 65.7 Å². The summed E-state index contributed by atoms with van der Waals surface area (Å²) in [5.41, 5.74) is 1.81. The summed E-state index contributed by atoms with van der Waals surface area (Å²) in [7, 11) is -3.38. The van der Waals surface area contributed by atoms with Gasteiger partial charge in [0.1, 0.15) is 0 Å². The Morgan fingerprint density at radius 2 is 1.72 bits per heavy atom. The number of fused-ring (bicyclic) bond motifs is 1. The summed E-state index contributed by atoms with van der Waals surface area (Å²) in [5.74, 6) is 0. The third kappa shape index (κ3) is 4.81. The van der Waals surface area contributed by atoms with Gasteiger partial charge in [0.25, 0.3) is 0 Å². The maximum atomic E-state index is 12.0. The Morgan fingerprint density at radius 1 is 1.08 bits per heavy atom. The fraction of sp³-hybridized carbons (Fsp3) is 0.0667. The van der Waals surface area contributed by atoms with E-state index in [2.05, 4.69) is 20.3 Å². The molecule has 130 valence electrons. The first-order valence-electron chi connectivity index (χ1n) is 7.00. The smallest absolute Gasteiger partial charge is 0.308 e. The summed E-state index contributed by atoms with van der Waals surface area (Å²) in [4.78, 5) is 16.2. The van der Waals surface area contributed by atoms with Crippen LogP contribution in [0.2, 0.25) is 5.02 Å². The van der Waals surface area contributed by atoms with E-state index in [1.165, 1.54) is 11.3 Å². The van der Waals surface area contributed by atoms with Gasteiger partial charge in [-0.2, -0.15) is 0 Å². The van der Waals surface area contributed by atoms with E-state index in [0.29, 0.717) is 21.9 Å². The minimum atomic E-state index is -3.38. The Balaban J connectivity index is 1.72. The molecule has 0 aliphatic rings. The van der Waals surface area contributed by atoms with Crippen molar-refractivity contribution in [3.05, 3.63) is 47.5 Å². The Morgan fingerprint density at radius 3 is 2.40 bits per heavy atom. The van der Waals surface area contributed by atoms with Crippen molar-refractivity contribution in [3.8, 4) is 0 Å². The van der Waals surface area contributed by atoms with Gasteiger partial charge in [0.15, 0.2) is 5.13 Å². The maximum absolute atomic E-state index is 12.0. The van der Waals surface area contributed by atoms with Crippen molar-refractivity contribution in [1.82, 2.24) is 4.98 Å². The number of aromatic nitrogens is 1. The van der Waals surface area contributed by atoms with Crippen LogP contribution in [0.15, 0.2) is 42.5 Å². The summed E-state index contributed by atoms with van der Waals surface area (Å²) in [6.45, 7) is 0. The highest BCUT2D eigenvalue weighted by molar-refractivity contribution is 7.92. The van der Waals surface area contributed by atoms with E-state index in [4.69, 9.17) is 11.6 Å². The number of nitrogens with one attached hydrogen (secondary N) is 3. The predicted octanol–water partition coefficient (Wildman–Crippen LogP) is 3.97. The summed E-state index contributed by atoms with van der Waals surface area (Å²) in [5, 5.41) is 6.26. The van der Waals surface area contributed by atoms with Crippen LogP contribution in [-0.4, -0.2) is 25.7 Å². The predicted molar refractivity (Wildman–Crippen MR) is 102 cm³/mol. The number of carbonyl (C=O) groups excluding carboxylic acids is 1. The lowest BCUT2D eigenvalue weighted by atomic mass is 10.3. The number of nitrogens with zero attached hydrogens (tertiary/aromatic N) is 1. The van der Waals surface area contributed by atoms with Crippen LogP contribution in [0.4, 0.5) is 21.3 Å². The lowest BCUT2D eigenvalue weighted by Crippen LogP contribution is -2.19. The molecule has 0 saturated carbocycles. The number of benzene rings is 2. The van der Waals surface area contributed by atoms with Crippen molar-refractivity contribution in [3.63, 3.8) is 0 Å². The lowest BCUT2D eigenvalue weighted by molar-refractivity contribution is 0.262. The lowest BCUT2D eigenvalue weighted by Gasteiger charge is -2.07. The van der Waals surface area contributed by atoms with Crippen molar-refractivity contribution in [1.29, 1.82) is 0 Å². The fourth-order valence-corrected chi connectivity index (χ4v) is 3.90. The SMILES string of the molecule is CS(=O)(=O)Nc1nc2ccc(NC(=O)Nc3ccc(Cl)cc3)cc2s1. The second kappa shape index (κ2) is 6.87. The van der Waals surface area contributed by atoms with Gasteiger partial charge in [0.05, 0.1) is 16.5 Å². The Bertz CT molecular complexity index is 1030. The molecule has 3 N–H and O–H groups in total. The number of hydrogen-bond acceptors (Lipinski definition) is 5. The highest BCUT2D eigenvalue weighted by Gasteiger charge is 2.10. The highest BCUT2D eigenvalue weighted by atomic mass is 35.5. The number of carbonyl (C=O) groups is 1. The molecule has 0 bridgehead atoms. The first kappa shape index (κ1) is 17.5. The van der Waals surface area contributed by atoms with E-state index in [1.807, 2.05) is 0 Å². The molecule has 0 fully saturated rings. The van der Waals surface area contributed by atoms with E-state index in [9.17, 15) is 13.2 Å². The third-order valence-corrected chi connectivity index (χ3v) is 4.90. The zero-order valence-electron chi connectivity index (χ0n) is 12.9. The van der Waals surface area contributed by atoms with Crippen molar-refractivity contribution in [2.24, 2.45) is 0 Å². The fourth-order valence-electron chi connectivity index (χ4n) is 2.03. The molecule has 3 aromatic rings. The van der Waals surface area contributed by atoms with Gasteiger partial charge in [-0.3, -0.25) is 4.72 Å². The van der Waals surface area contributed by atoms with Crippen LogP contribution in [0.25, 0.3) is 10.2 Å². The van der Waals surface area contributed by atoms with Crippen LogP contribution in [0, 0.1) is 0 Å². The summed E-state index contributed by atoms with van der Waals surface area (Å²) in [6.07, 6.45) is 1.06. The quantitative estimate of drug-likeness (QED) is 0.621. The van der Waals surface area contributed by atoms with Gasteiger partial charge >= 0.3 is 6.03 Å². The molecule has 0 aliphatic heterocycles. The number of urea groups is 1. The highest BCUT2D eigenvalue weighted by Crippen LogP contribution is 2.29. The van der Waals surface area contributed by atoms with Gasteiger partial charge in [0.2, 0.25) is 10.0 Å². The molecule has 0 unspecified atom stereocenters. The summed E-state index contributed by atoms with van der Waals surface area (Å²) in [6, 6.07) is 11.5. The number of sulfonamides is 1. The average Bonchev–Trinajstić information content (AvgIpc) is 2.88. The number of amides is 2. The Labute approximate surface area is 153 Å². The van der Waals surface area contributed by atoms with Gasteiger partial charge < -0.3 is 10.6 Å². The molecular formula is C15H13ClN4O3S2. The molecule has 10 heteroatoms. The largest absolute Gasteiger partial charge is 0.323 e. The second-order valence-electron chi connectivity index (χ2n) is 5.16. The van der Waals surface area contributed by atoms with E-state index < -0.39 is 16.1 Å². The molecule has 0 radical (unpaired) electrons. The van der Waals surface area contributed by atoms with Crippen molar-refractivity contribution in [2.75, 3.05) is 21.6 Å². The summed E-state index contributed by atoms with van der Waals surface area (Å²) >= 11 is 6.98. The van der Waals surface area contributed by atoms with Crippen LogP contribution < -0.4 is 15.4 Å². The minimum absolute atomic E-state index is 0.278. The normalized spacial score (nSPS) is 11.3. The second-order valence-corrected chi connectivity index (χ2v) is 8.38. The molecule has 0 saturated heterocycles. The topological polar surface area (TPSA) is 100 Å². The van der Waals surface area contributed by atoms with E-state index in [1.54, 1.807) is 42.5 Å². The standard InChI is InChI=1S/C15H13ClN4O3S2/c1-25(22,23)20-15-19-12-7-6-11(8-13(12)24-15)18-14(21)17-10-4-2-9(16)3-5-10/h2-8H,1H3,(H,19,20)(H2,17,18,21). The van der Waals surface area contributed by atoms with Crippen LogP contribution >= 0.6 is 22.9 Å². The number of anilines is 3. The monoisotopic (exact) mass is 396 g/mol. The zero-order chi connectivity index (χ0) is 18.0. The number of thiazole rings is 1. The van der Waals surface area contributed by atoms with Crippen molar-refractivity contribution < 1.29 is 13.2 Å². The molecule has 1 aromatic heterocycles. The maximum Gasteiger partial charge on any atom is 0.323 e. The zero-order valence-corrected chi connectivity index (χ0v) is 15.3. The van der Waals surface area contributed by atoms with Gasteiger partial charge in [0, 0.05) is 16.4 Å². The van der Waals surface area contributed by atoms with Crippen LogP contribution in [0.3, 0.4) is 0 Å². The number of hydrogen-bond donors (Lipinski definition) is 3. The Kier molecular flexibility index (Phi) is 4.80. The molecular weight excluding hydrogens is 384 g/mol. The summed E-state index contributed by atoms with van der Waals surface area (Å²) < 4.78 is 25.6. The van der Waals surface area contributed by atoms with Crippen LogP contribution in [0.5, 0.6) is 0 Å². The van der Waals surface area contributed by atoms with Gasteiger partial charge in [-0.25, -0.2) is 18.2 Å². The Hall–Kier alpha value is -2.36. The number of rotatable bonds is 4. The molecule has 2 aromatic carbocycles. The number of halogens is 1. The van der Waals surface area contributed by atoms with Gasteiger partial charge in [-0.15, -0.1) is 0 Å². The van der Waals surface area contributed by atoms with Gasteiger partial charge in [-0.05, 0) is 42.5 Å². The van der Waals surface area contributed by atoms with E-state index >= 15 is 0 Å². The van der Waals surface area contributed by atoms with E-state index in [-0.39, 0.29) is 5.13 Å². The molecule has 2 amide bonds. The first-order valence-corrected chi connectivity index (χ1v) is 10.1. The van der Waals surface area contributed by atoms with Gasteiger partial charge in [-0.1, -0.05) is 22.9 Å².